The number of benzene rings is 3. The number of nitriles is 1. The molecule has 2 N–H and O–H groups in total. The number of halogens is 1. The predicted octanol–water partition coefficient (Wildman–Crippen LogP) is 5.30. The summed E-state index contributed by atoms with van der Waals surface area (Å²) in [6, 6.07) is 22.6. The normalized spacial score (nSPS) is 10.7. The summed E-state index contributed by atoms with van der Waals surface area (Å²) >= 11 is 6.06. The molecule has 0 bridgehead atoms. The van der Waals surface area contributed by atoms with E-state index in [1.165, 1.54) is 6.08 Å². The van der Waals surface area contributed by atoms with Crippen molar-refractivity contribution >= 4 is 40.9 Å². The van der Waals surface area contributed by atoms with Crippen LogP contribution in [0, 0.1) is 11.3 Å². The van der Waals surface area contributed by atoms with Gasteiger partial charge in [-0.05, 0) is 55.0 Å². The van der Waals surface area contributed by atoms with Crippen molar-refractivity contribution in [2.24, 2.45) is 0 Å². The molecule has 3 rings (SSSR count). The number of para-hydroxylation sites is 2. The smallest absolute Gasteiger partial charge is 0.266 e. The lowest BCUT2D eigenvalue weighted by atomic mass is 10.1. The van der Waals surface area contributed by atoms with E-state index in [4.69, 9.17) is 21.1 Å². The van der Waals surface area contributed by atoms with E-state index in [1.807, 2.05) is 19.1 Å². The Labute approximate surface area is 202 Å². The first-order valence-corrected chi connectivity index (χ1v) is 10.8. The van der Waals surface area contributed by atoms with Crippen molar-refractivity contribution in [3.05, 3.63) is 89.0 Å². The Balaban J connectivity index is 1.71. The first-order chi connectivity index (χ1) is 16.5. The number of carbonyl (C=O) groups excluding carboxylic acids is 2. The highest BCUT2D eigenvalue weighted by atomic mass is 35.5. The van der Waals surface area contributed by atoms with E-state index < -0.39 is 5.91 Å². The second-order valence-corrected chi connectivity index (χ2v) is 7.35. The molecular weight excluding hydrogens is 454 g/mol. The first kappa shape index (κ1) is 24.4. The van der Waals surface area contributed by atoms with E-state index in [2.05, 4.69) is 10.6 Å². The number of amides is 2. The van der Waals surface area contributed by atoms with Crippen LogP contribution in [-0.2, 0) is 9.59 Å². The average Bonchev–Trinajstić information content (AvgIpc) is 2.84. The molecule has 3 aromatic carbocycles. The Bertz CT molecular complexity index is 1240. The van der Waals surface area contributed by atoms with Gasteiger partial charge >= 0.3 is 0 Å². The molecule has 0 saturated carbocycles. The zero-order valence-electron chi connectivity index (χ0n) is 18.4. The molecule has 0 spiro atoms. The van der Waals surface area contributed by atoms with Gasteiger partial charge < -0.3 is 20.1 Å². The molecule has 8 heteroatoms. The molecule has 7 nitrogen and oxygen atoms in total. The summed E-state index contributed by atoms with van der Waals surface area (Å²) in [7, 11) is 0. The van der Waals surface area contributed by atoms with Crippen LogP contribution < -0.4 is 20.1 Å². The summed E-state index contributed by atoms with van der Waals surface area (Å²) in [5, 5.41) is 15.2. The lowest BCUT2D eigenvalue weighted by molar-refractivity contribution is -0.118. The van der Waals surface area contributed by atoms with Gasteiger partial charge in [0.2, 0.25) is 0 Å². The van der Waals surface area contributed by atoms with Crippen molar-refractivity contribution in [1.29, 1.82) is 5.26 Å². The lowest BCUT2D eigenvalue weighted by Gasteiger charge is -2.13. The van der Waals surface area contributed by atoms with Crippen molar-refractivity contribution in [3.8, 4) is 17.6 Å². The summed E-state index contributed by atoms with van der Waals surface area (Å²) < 4.78 is 11.3. The fourth-order valence-electron chi connectivity index (χ4n) is 2.93. The molecule has 0 aromatic heterocycles. The Morgan fingerprint density at radius 2 is 1.71 bits per heavy atom. The van der Waals surface area contributed by atoms with Crippen LogP contribution in [0.2, 0.25) is 5.02 Å². The highest BCUT2D eigenvalue weighted by Crippen LogP contribution is 2.30. The van der Waals surface area contributed by atoms with E-state index in [-0.39, 0.29) is 18.1 Å². The number of anilines is 2. The van der Waals surface area contributed by atoms with Crippen LogP contribution in [0.25, 0.3) is 6.08 Å². The van der Waals surface area contributed by atoms with E-state index in [0.717, 1.165) is 0 Å². The van der Waals surface area contributed by atoms with Crippen LogP contribution in [0.15, 0.2) is 78.4 Å². The van der Waals surface area contributed by atoms with E-state index in [9.17, 15) is 14.9 Å². The fourth-order valence-corrected chi connectivity index (χ4v) is 3.11. The highest BCUT2D eigenvalue weighted by Gasteiger charge is 2.13. The standard InChI is InChI=1S/C26H22ClN3O4/c1-2-33-24-15-18(14-19(16-28)26(32)29-20-8-4-3-5-9-20)12-13-23(24)34-17-25(31)30-22-11-7-6-10-21(22)27/h3-15H,2,17H2,1H3,(H,29,32)(H,30,31)/b19-14+. The second kappa shape index (κ2) is 12.1. The first-order valence-electron chi connectivity index (χ1n) is 10.4. The lowest BCUT2D eigenvalue weighted by Crippen LogP contribution is -2.20. The van der Waals surface area contributed by atoms with Crippen LogP contribution in [-0.4, -0.2) is 25.0 Å². The summed E-state index contributed by atoms with van der Waals surface area (Å²) in [6.45, 7) is 1.91. The van der Waals surface area contributed by atoms with Gasteiger partial charge in [-0.3, -0.25) is 9.59 Å². The molecule has 0 saturated heterocycles. The Morgan fingerprint density at radius 3 is 2.41 bits per heavy atom. The second-order valence-electron chi connectivity index (χ2n) is 6.95. The maximum Gasteiger partial charge on any atom is 0.266 e. The summed E-state index contributed by atoms with van der Waals surface area (Å²) in [4.78, 5) is 24.7. The molecule has 172 valence electrons. The molecule has 0 heterocycles. The summed E-state index contributed by atoms with van der Waals surface area (Å²) in [6.07, 6.45) is 1.45. The predicted molar refractivity (Wildman–Crippen MR) is 132 cm³/mol. The van der Waals surface area contributed by atoms with Crippen LogP contribution in [0.3, 0.4) is 0 Å². The van der Waals surface area contributed by atoms with E-state index >= 15 is 0 Å². The summed E-state index contributed by atoms with van der Waals surface area (Å²) in [5.41, 5.74) is 1.57. The average molecular weight is 476 g/mol. The molecule has 0 unspecified atom stereocenters. The van der Waals surface area contributed by atoms with Crippen LogP contribution in [0.5, 0.6) is 11.5 Å². The maximum absolute atomic E-state index is 12.5. The van der Waals surface area contributed by atoms with Crippen molar-refractivity contribution < 1.29 is 19.1 Å². The van der Waals surface area contributed by atoms with E-state index in [0.29, 0.717) is 40.1 Å². The molecule has 0 fully saturated rings. The van der Waals surface area contributed by atoms with Gasteiger partial charge in [-0.25, -0.2) is 0 Å². The minimum absolute atomic E-state index is 0.0703. The van der Waals surface area contributed by atoms with Gasteiger partial charge in [-0.2, -0.15) is 5.26 Å². The molecule has 0 aliphatic carbocycles. The third-order valence-electron chi connectivity index (χ3n) is 4.48. The molecule has 0 atom stereocenters. The SMILES string of the molecule is CCOc1cc(/C=C(\C#N)C(=O)Nc2ccccc2)ccc1OCC(=O)Nc1ccccc1Cl. The Hall–Kier alpha value is -4.28. The molecule has 0 radical (unpaired) electrons. The van der Waals surface area contributed by atoms with Gasteiger partial charge in [0.15, 0.2) is 18.1 Å². The number of carbonyl (C=O) groups is 2. The third-order valence-corrected chi connectivity index (χ3v) is 4.81. The largest absolute Gasteiger partial charge is 0.490 e. The summed E-state index contributed by atoms with van der Waals surface area (Å²) in [5.74, 6) is -0.185. The molecule has 34 heavy (non-hydrogen) atoms. The molecule has 0 aliphatic rings. The monoisotopic (exact) mass is 475 g/mol. The topological polar surface area (TPSA) is 100 Å². The zero-order chi connectivity index (χ0) is 24.3. The van der Waals surface area contributed by atoms with Gasteiger partial charge in [0, 0.05) is 5.69 Å². The van der Waals surface area contributed by atoms with Gasteiger partial charge in [0.05, 0.1) is 17.3 Å². The van der Waals surface area contributed by atoms with Crippen molar-refractivity contribution in [2.75, 3.05) is 23.8 Å². The molecular formula is C26H22ClN3O4. The van der Waals surface area contributed by atoms with Crippen LogP contribution >= 0.6 is 11.6 Å². The van der Waals surface area contributed by atoms with Gasteiger partial charge in [0.25, 0.3) is 11.8 Å². The number of hydrogen-bond acceptors (Lipinski definition) is 5. The van der Waals surface area contributed by atoms with Gasteiger partial charge in [-0.1, -0.05) is 48.0 Å². The maximum atomic E-state index is 12.5. The van der Waals surface area contributed by atoms with E-state index in [1.54, 1.807) is 66.7 Å². The number of hydrogen-bond donors (Lipinski definition) is 2. The van der Waals surface area contributed by atoms with Crippen LogP contribution in [0.1, 0.15) is 12.5 Å². The molecule has 0 aliphatic heterocycles. The highest BCUT2D eigenvalue weighted by molar-refractivity contribution is 6.33. The molecule has 2 amide bonds. The minimum Gasteiger partial charge on any atom is -0.490 e. The minimum atomic E-state index is -0.525. The zero-order valence-corrected chi connectivity index (χ0v) is 19.1. The molecule has 3 aromatic rings. The Morgan fingerprint density at radius 1 is 0.971 bits per heavy atom. The third kappa shape index (κ3) is 6.86. The van der Waals surface area contributed by atoms with Gasteiger partial charge in [-0.15, -0.1) is 0 Å². The quantitative estimate of drug-likeness (QED) is 0.323. The number of nitrogens with zero attached hydrogens (tertiary/aromatic N) is 1. The van der Waals surface area contributed by atoms with Crippen molar-refractivity contribution in [3.63, 3.8) is 0 Å². The van der Waals surface area contributed by atoms with Crippen LogP contribution in [0.4, 0.5) is 11.4 Å². The number of ether oxygens (including phenoxy) is 2. The number of nitrogens with one attached hydrogen (secondary N) is 2. The number of rotatable bonds is 9. The van der Waals surface area contributed by atoms with Crippen molar-refractivity contribution in [2.45, 2.75) is 6.92 Å². The Kier molecular flexibility index (Phi) is 8.67. The van der Waals surface area contributed by atoms with Gasteiger partial charge in [0.1, 0.15) is 11.6 Å². The fraction of sp³-hybridized carbons (Fsp3) is 0.115. The van der Waals surface area contributed by atoms with Crippen molar-refractivity contribution in [1.82, 2.24) is 0 Å².